The standard InChI is InChI=1S/C15H18N2O2/c18-15(16-9-4-1-5-10-16)19-12-17-11-8-13-6-2-3-7-14(13)17/h2-3,6-8,11H,1,4-5,9-10,12H2. The number of amides is 1. The second kappa shape index (κ2) is 5.34. The lowest BCUT2D eigenvalue weighted by molar-refractivity contribution is 0.0715. The summed E-state index contributed by atoms with van der Waals surface area (Å²) < 4.78 is 7.34. The Balaban J connectivity index is 1.64. The summed E-state index contributed by atoms with van der Waals surface area (Å²) >= 11 is 0. The van der Waals surface area contributed by atoms with Gasteiger partial charge in [-0.05, 0) is 36.8 Å². The summed E-state index contributed by atoms with van der Waals surface area (Å²) in [5, 5.41) is 1.16. The summed E-state index contributed by atoms with van der Waals surface area (Å²) in [6.07, 6.45) is 5.14. The Labute approximate surface area is 112 Å². The summed E-state index contributed by atoms with van der Waals surface area (Å²) in [5.41, 5.74) is 1.09. The first kappa shape index (κ1) is 12.1. The topological polar surface area (TPSA) is 34.5 Å². The predicted molar refractivity (Wildman–Crippen MR) is 73.8 cm³/mol. The van der Waals surface area contributed by atoms with Crippen LogP contribution in [0.4, 0.5) is 4.79 Å². The molecular weight excluding hydrogens is 240 g/mol. The van der Waals surface area contributed by atoms with Crippen LogP contribution in [0, 0.1) is 0 Å². The molecule has 100 valence electrons. The van der Waals surface area contributed by atoms with Gasteiger partial charge in [-0.1, -0.05) is 18.2 Å². The number of likely N-dealkylation sites (tertiary alicyclic amines) is 1. The average Bonchev–Trinajstić information content (AvgIpc) is 2.89. The maximum atomic E-state index is 11.9. The van der Waals surface area contributed by atoms with Crippen molar-refractivity contribution < 1.29 is 9.53 Å². The lowest BCUT2D eigenvalue weighted by Crippen LogP contribution is -2.36. The first-order valence-electron chi connectivity index (χ1n) is 6.80. The first-order chi connectivity index (χ1) is 9.34. The number of piperidine rings is 1. The fourth-order valence-electron chi connectivity index (χ4n) is 2.55. The van der Waals surface area contributed by atoms with E-state index in [0.717, 1.165) is 36.8 Å². The molecule has 1 aromatic carbocycles. The Morgan fingerprint density at radius 3 is 2.74 bits per heavy atom. The van der Waals surface area contributed by atoms with Crippen molar-refractivity contribution in [2.24, 2.45) is 0 Å². The van der Waals surface area contributed by atoms with E-state index in [1.807, 2.05) is 35.0 Å². The van der Waals surface area contributed by atoms with Crippen molar-refractivity contribution in [2.75, 3.05) is 13.1 Å². The second-order valence-electron chi connectivity index (χ2n) is 4.93. The Bertz CT molecular complexity index is 570. The normalized spacial score (nSPS) is 15.7. The molecule has 19 heavy (non-hydrogen) atoms. The maximum Gasteiger partial charge on any atom is 0.411 e. The Morgan fingerprint density at radius 2 is 1.89 bits per heavy atom. The van der Waals surface area contributed by atoms with Gasteiger partial charge in [-0.15, -0.1) is 0 Å². The van der Waals surface area contributed by atoms with Crippen LogP contribution in [0.3, 0.4) is 0 Å². The lowest BCUT2D eigenvalue weighted by atomic mass is 10.1. The molecule has 0 unspecified atom stereocenters. The van der Waals surface area contributed by atoms with Gasteiger partial charge in [0.1, 0.15) is 0 Å². The van der Waals surface area contributed by atoms with Gasteiger partial charge in [-0.25, -0.2) is 4.79 Å². The molecule has 4 heteroatoms. The molecule has 2 aromatic rings. The van der Waals surface area contributed by atoms with Gasteiger partial charge >= 0.3 is 6.09 Å². The molecule has 1 fully saturated rings. The molecule has 4 nitrogen and oxygen atoms in total. The van der Waals surface area contributed by atoms with E-state index in [2.05, 4.69) is 6.07 Å². The van der Waals surface area contributed by atoms with Crippen LogP contribution in [0.5, 0.6) is 0 Å². The molecular formula is C15H18N2O2. The highest BCUT2D eigenvalue weighted by Crippen LogP contribution is 2.15. The lowest BCUT2D eigenvalue weighted by Gasteiger charge is -2.25. The van der Waals surface area contributed by atoms with Crippen molar-refractivity contribution in [1.29, 1.82) is 0 Å². The summed E-state index contributed by atoms with van der Waals surface area (Å²) in [6, 6.07) is 10.1. The largest absolute Gasteiger partial charge is 0.428 e. The molecule has 1 aliphatic heterocycles. The Morgan fingerprint density at radius 1 is 1.11 bits per heavy atom. The molecule has 1 aromatic heterocycles. The van der Waals surface area contributed by atoms with Crippen LogP contribution in [0.1, 0.15) is 19.3 Å². The highest BCUT2D eigenvalue weighted by Gasteiger charge is 2.17. The minimum atomic E-state index is -0.197. The number of ether oxygens (including phenoxy) is 1. The summed E-state index contributed by atoms with van der Waals surface area (Å²) in [5.74, 6) is 0. The summed E-state index contributed by atoms with van der Waals surface area (Å²) in [6.45, 7) is 1.93. The molecule has 0 bridgehead atoms. The van der Waals surface area contributed by atoms with Crippen molar-refractivity contribution in [1.82, 2.24) is 9.47 Å². The number of hydrogen-bond acceptors (Lipinski definition) is 2. The molecule has 0 saturated carbocycles. The Kier molecular flexibility index (Phi) is 3.40. The zero-order valence-electron chi connectivity index (χ0n) is 10.9. The van der Waals surface area contributed by atoms with Gasteiger partial charge in [-0.2, -0.15) is 0 Å². The van der Waals surface area contributed by atoms with Gasteiger partial charge in [0, 0.05) is 19.3 Å². The van der Waals surface area contributed by atoms with E-state index in [9.17, 15) is 4.79 Å². The number of fused-ring (bicyclic) bond motifs is 1. The zero-order valence-corrected chi connectivity index (χ0v) is 10.9. The quantitative estimate of drug-likeness (QED) is 0.829. The van der Waals surface area contributed by atoms with Gasteiger partial charge in [0.25, 0.3) is 0 Å². The number of carbonyl (C=O) groups is 1. The number of aromatic nitrogens is 1. The van der Waals surface area contributed by atoms with Crippen molar-refractivity contribution in [3.63, 3.8) is 0 Å². The number of benzene rings is 1. The van der Waals surface area contributed by atoms with E-state index in [-0.39, 0.29) is 12.8 Å². The average molecular weight is 258 g/mol. The minimum absolute atomic E-state index is 0.197. The third-order valence-corrected chi connectivity index (χ3v) is 3.62. The van der Waals surface area contributed by atoms with Crippen LogP contribution < -0.4 is 0 Å². The molecule has 0 N–H and O–H groups in total. The van der Waals surface area contributed by atoms with Gasteiger partial charge in [0.2, 0.25) is 0 Å². The number of para-hydroxylation sites is 1. The summed E-state index contributed by atoms with van der Waals surface area (Å²) in [4.78, 5) is 13.7. The molecule has 2 heterocycles. The first-order valence-corrected chi connectivity index (χ1v) is 6.80. The summed E-state index contributed by atoms with van der Waals surface area (Å²) in [7, 11) is 0. The zero-order chi connectivity index (χ0) is 13.1. The van der Waals surface area contributed by atoms with E-state index < -0.39 is 0 Å². The molecule has 0 aliphatic carbocycles. The third-order valence-electron chi connectivity index (χ3n) is 3.62. The second-order valence-corrected chi connectivity index (χ2v) is 4.93. The van der Waals surface area contributed by atoms with Crippen LogP contribution in [0.15, 0.2) is 36.5 Å². The fourth-order valence-corrected chi connectivity index (χ4v) is 2.55. The van der Waals surface area contributed by atoms with Crippen LogP contribution in [0.25, 0.3) is 10.9 Å². The van der Waals surface area contributed by atoms with Crippen molar-refractivity contribution in [3.8, 4) is 0 Å². The van der Waals surface area contributed by atoms with Crippen LogP contribution >= 0.6 is 0 Å². The predicted octanol–water partition coefficient (Wildman–Crippen LogP) is 3.22. The highest BCUT2D eigenvalue weighted by molar-refractivity contribution is 5.79. The van der Waals surface area contributed by atoms with Gasteiger partial charge < -0.3 is 14.2 Å². The number of carbonyl (C=O) groups excluding carboxylic acids is 1. The molecule has 3 rings (SSSR count). The third kappa shape index (κ3) is 2.57. The molecule has 0 spiro atoms. The van der Waals surface area contributed by atoms with Gasteiger partial charge in [-0.3, -0.25) is 0 Å². The van der Waals surface area contributed by atoms with Gasteiger partial charge in [0.15, 0.2) is 6.73 Å². The smallest absolute Gasteiger partial charge is 0.411 e. The number of nitrogens with zero attached hydrogens (tertiary/aromatic N) is 2. The van der Waals surface area contributed by atoms with E-state index in [1.54, 1.807) is 4.90 Å². The molecule has 1 amide bonds. The van der Waals surface area contributed by atoms with E-state index in [4.69, 9.17) is 4.74 Å². The van der Waals surface area contributed by atoms with E-state index >= 15 is 0 Å². The monoisotopic (exact) mass is 258 g/mol. The Hall–Kier alpha value is -1.97. The van der Waals surface area contributed by atoms with Crippen molar-refractivity contribution in [2.45, 2.75) is 26.0 Å². The number of hydrogen-bond donors (Lipinski definition) is 0. The fraction of sp³-hybridized carbons (Fsp3) is 0.400. The van der Waals surface area contributed by atoms with Gasteiger partial charge in [0.05, 0.1) is 5.52 Å². The van der Waals surface area contributed by atoms with E-state index in [0.29, 0.717) is 0 Å². The highest BCUT2D eigenvalue weighted by atomic mass is 16.6. The molecule has 0 radical (unpaired) electrons. The maximum absolute atomic E-state index is 11.9. The SMILES string of the molecule is O=C(OCn1ccc2ccccc21)N1CCCCC1. The minimum Gasteiger partial charge on any atom is -0.428 e. The molecule has 1 saturated heterocycles. The number of rotatable bonds is 2. The van der Waals surface area contributed by atoms with Crippen LogP contribution in [0.2, 0.25) is 0 Å². The molecule has 0 atom stereocenters. The van der Waals surface area contributed by atoms with Crippen LogP contribution in [-0.4, -0.2) is 28.6 Å². The van der Waals surface area contributed by atoms with E-state index in [1.165, 1.54) is 6.42 Å². The van der Waals surface area contributed by atoms with Crippen molar-refractivity contribution >= 4 is 17.0 Å². The van der Waals surface area contributed by atoms with Crippen LogP contribution in [-0.2, 0) is 11.5 Å². The molecule has 1 aliphatic rings. The van der Waals surface area contributed by atoms with Crippen molar-refractivity contribution in [3.05, 3.63) is 36.5 Å².